The van der Waals surface area contributed by atoms with E-state index in [1.54, 1.807) is 0 Å². The lowest BCUT2D eigenvalue weighted by Crippen LogP contribution is -2.47. The summed E-state index contributed by atoms with van der Waals surface area (Å²) in [7, 11) is 0. The first-order valence-corrected chi connectivity index (χ1v) is 6.51. The van der Waals surface area contributed by atoms with Crippen LogP contribution in [0.1, 0.15) is 39.0 Å². The molecule has 0 aromatic carbocycles. The third-order valence-electron chi connectivity index (χ3n) is 3.02. The monoisotopic (exact) mass is 258 g/mol. The fraction of sp³-hybridized carbons (Fsp3) is 0.833. The number of amides is 2. The van der Waals surface area contributed by atoms with Crippen molar-refractivity contribution in [2.24, 2.45) is 0 Å². The fourth-order valence-corrected chi connectivity index (χ4v) is 2.04. The number of nitrogens with one attached hydrogen (secondary N) is 2. The van der Waals surface area contributed by atoms with Gasteiger partial charge in [0, 0.05) is 19.6 Å². The van der Waals surface area contributed by atoms with Crippen molar-refractivity contribution in [3.05, 3.63) is 0 Å². The molecule has 1 rings (SSSR count). The maximum atomic E-state index is 11.6. The van der Waals surface area contributed by atoms with Crippen LogP contribution in [0.5, 0.6) is 0 Å². The van der Waals surface area contributed by atoms with Crippen molar-refractivity contribution < 1.29 is 19.4 Å². The van der Waals surface area contributed by atoms with Crippen molar-refractivity contribution in [1.29, 1.82) is 0 Å². The first kappa shape index (κ1) is 14.8. The van der Waals surface area contributed by atoms with E-state index in [-0.39, 0.29) is 24.6 Å². The Morgan fingerprint density at radius 2 is 2.28 bits per heavy atom. The molecule has 2 unspecified atom stereocenters. The Hall–Kier alpha value is -1.30. The zero-order chi connectivity index (χ0) is 13.4. The third-order valence-corrected chi connectivity index (χ3v) is 3.02. The van der Waals surface area contributed by atoms with E-state index in [1.807, 2.05) is 6.92 Å². The van der Waals surface area contributed by atoms with Crippen LogP contribution in [0.4, 0.5) is 4.79 Å². The molecule has 18 heavy (non-hydrogen) atoms. The summed E-state index contributed by atoms with van der Waals surface area (Å²) in [6.07, 6.45) is 3.48. The van der Waals surface area contributed by atoms with Gasteiger partial charge in [-0.2, -0.15) is 0 Å². The SMILES string of the molecule is CCC(NC(=O)NCCCC(=O)O)C1CCCO1. The Kier molecular flexibility index (Phi) is 6.49. The molecule has 0 saturated carbocycles. The number of urea groups is 1. The van der Waals surface area contributed by atoms with Crippen molar-refractivity contribution in [2.45, 2.75) is 51.2 Å². The van der Waals surface area contributed by atoms with Crippen molar-refractivity contribution in [3.8, 4) is 0 Å². The van der Waals surface area contributed by atoms with Gasteiger partial charge in [-0.3, -0.25) is 4.79 Å². The van der Waals surface area contributed by atoms with Gasteiger partial charge in [0.2, 0.25) is 0 Å². The van der Waals surface area contributed by atoms with Gasteiger partial charge in [-0.25, -0.2) is 4.79 Å². The lowest BCUT2D eigenvalue weighted by atomic mass is 10.1. The first-order chi connectivity index (χ1) is 8.63. The number of carboxylic acid groups (broad SMARTS) is 1. The molecule has 3 N–H and O–H groups in total. The Labute approximate surface area is 107 Å². The Bertz CT molecular complexity index is 277. The molecule has 1 heterocycles. The Balaban J connectivity index is 2.18. The quantitative estimate of drug-likeness (QED) is 0.597. The summed E-state index contributed by atoms with van der Waals surface area (Å²) in [6, 6.07) is -0.213. The van der Waals surface area contributed by atoms with E-state index in [0.717, 1.165) is 25.9 Å². The van der Waals surface area contributed by atoms with Gasteiger partial charge >= 0.3 is 12.0 Å². The standard InChI is InChI=1S/C12H22N2O4/c1-2-9(10-5-4-8-18-10)14-12(17)13-7-3-6-11(15)16/h9-10H,2-8H2,1H3,(H,15,16)(H2,13,14,17). The molecule has 0 aromatic heterocycles. The number of carbonyl (C=O) groups is 2. The van der Waals surface area contributed by atoms with E-state index in [4.69, 9.17) is 9.84 Å². The summed E-state index contributed by atoms with van der Waals surface area (Å²) < 4.78 is 5.54. The summed E-state index contributed by atoms with van der Waals surface area (Å²) >= 11 is 0. The van der Waals surface area contributed by atoms with Gasteiger partial charge in [0.15, 0.2) is 0 Å². The highest BCUT2D eigenvalue weighted by molar-refractivity contribution is 5.74. The summed E-state index contributed by atoms with van der Waals surface area (Å²) in [5.41, 5.74) is 0. The third kappa shape index (κ3) is 5.35. The van der Waals surface area contributed by atoms with Gasteiger partial charge in [0.1, 0.15) is 0 Å². The summed E-state index contributed by atoms with van der Waals surface area (Å²) in [5, 5.41) is 14.0. The van der Waals surface area contributed by atoms with Gasteiger partial charge in [-0.05, 0) is 25.7 Å². The molecule has 0 aromatic rings. The van der Waals surface area contributed by atoms with E-state index in [2.05, 4.69) is 10.6 Å². The minimum absolute atomic E-state index is 0.0342. The number of carboxylic acids is 1. The Morgan fingerprint density at radius 3 is 2.83 bits per heavy atom. The van der Waals surface area contributed by atoms with Gasteiger partial charge in [0.05, 0.1) is 12.1 Å². The van der Waals surface area contributed by atoms with Crippen LogP contribution in [0.2, 0.25) is 0 Å². The average Bonchev–Trinajstić information content (AvgIpc) is 2.85. The van der Waals surface area contributed by atoms with Crippen LogP contribution in [0.15, 0.2) is 0 Å². The second-order valence-corrected chi connectivity index (χ2v) is 4.46. The predicted molar refractivity (Wildman–Crippen MR) is 66.5 cm³/mol. The molecule has 0 spiro atoms. The highest BCUT2D eigenvalue weighted by Crippen LogP contribution is 2.17. The van der Waals surface area contributed by atoms with Gasteiger partial charge in [-0.15, -0.1) is 0 Å². The number of carbonyl (C=O) groups excluding carboxylic acids is 1. The molecule has 2 atom stereocenters. The van der Waals surface area contributed by atoms with Crippen LogP contribution >= 0.6 is 0 Å². The van der Waals surface area contributed by atoms with Crippen LogP contribution in [0.3, 0.4) is 0 Å². The molecule has 1 aliphatic heterocycles. The van der Waals surface area contributed by atoms with E-state index in [9.17, 15) is 9.59 Å². The van der Waals surface area contributed by atoms with Crippen molar-refractivity contribution in [2.75, 3.05) is 13.2 Å². The maximum Gasteiger partial charge on any atom is 0.315 e. The molecule has 1 fully saturated rings. The lowest BCUT2D eigenvalue weighted by molar-refractivity contribution is -0.137. The molecule has 1 aliphatic rings. The normalized spacial score (nSPS) is 20.4. The molecule has 1 saturated heterocycles. The summed E-state index contributed by atoms with van der Waals surface area (Å²) in [5.74, 6) is -0.844. The zero-order valence-electron chi connectivity index (χ0n) is 10.8. The smallest absolute Gasteiger partial charge is 0.315 e. The topological polar surface area (TPSA) is 87.7 Å². The minimum Gasteiger partial charge on any atom is -0.481 e. The molecule has 0 aliphatic carbocycles. The molecular formula is C12H22N2O4. The fourth-order valence-electron chi connectivity index (χ4n) is 2.04. The second-order valence-electron chi connectivity index (χ2n) is 4.46. The number of hydrogen-bond acceptors (Lipinski definition) is 3. The lowest BCUT2D eigenvalue weighted by Gasteiger charge is -2.22. The molecule has 6 heteroatoms. The number of rotatable bonds is 7. The van der Waals surface area contributed by atoms with Gasteiger partial charge < -0.3 is 20.5 Å². The zero-order valence-corrected chi connectivity index (χ0v) is 10.8. The summed E-state index contributed by atoms with van der Waals surface area (Å²) in [6.45, 7) is 3.15. The maximum absolute atomic E-state index is 11.6. The largest absolute Gasteiger partial charge is 0.481 e. The molecule has 2 amide bonds. The first-order valence-electron chi connectivity index (χ1n) is 6.51. The van der Waals surface area contributed by atoms with Crippen LogP contribution in [-0.2, 0) is 9.53 Å². The number of ether oxygens (including phenoxy) is 1. The molecule has 0 bridgehead atoms. The summed E-state index contributed by atoms with van der Waals surface area (Å²) in [4.78, 5) is 21.9. The van der Waals surface area contributed by atoms with Crippen LogP contribution in [0.25, 0.3) is 0 Å². The van der Waals surface area contributed by atoms with Crippen molar-refractivity contribution >= 4 is 12.0 Å². The van der Waals surface area contributed by atoms with Crippen molar-refractivity contribution in [3.63, 3.8) is 0 Å². The predicted octanol–water partition coefficient (Wildman–Crippen LogP) is 1.11. The van der Waals surface area contributed by atoms with E-state index >= 15 is 0 Å². The van der Waals surface area contributed by atoms with E-state index in [1.165, 1.54) is 0 Å². The molecule has 0 radical (unpaired) electrons. The Morgan fingerprint density at radius 1 is 1.50 bits per heavy atom. The highest BCUT2D eigenvalue weighted by atomic mass is 16.5. The second kappa shape index (κ2) is 7.92. The van der Waals surface area contributed by atoms with Crippen LogP contribution in [-0.4, -0.2) is 42.4 Å². The van der Waals surface area contributed by atoms with E-state index < -0.39 is 5.97 Å². The van der Waals surface area contributed by atoms with Crippen LogP contribution in [0, 0.1) is 0 Å². The van der Waals surface area contributed by atoms with Gasteiger partial charge in [0.25, 0.3) is 0 Å². The van der Waals surface area contributed by atoms with E-state index in [0.29, 0.717) is 13.0 Å². The van der Waals surface area contributed by atoms with Crippen LogP contribution < -0.4 is 10.6 Å². The molecule has 6 nitrogen and oxygen atoms in total. The molecular weight excluding hydrogens is 236 g/mol. The van der Waals surface area contributed by atoms with Crippen molar-refractivity contribution in [1.82, 2.24) is 10.6 Å². The number of aliphatic carboxylic acids is 1. The highest BCUT2D eigenvalue weighted by Gasteiger charge is 2.25. The minimum atomic E-state index is -0.844. The average molecular weight is 258 g/mol. The number of hydrogen-bond donors (Lipinski definition) is 3. The van der Waals surface area contributed by atoms with Gasteiger partial charge in [-0.1, -0.05) is 6.92 Å². The molecule has 104 valence electrons.